The largest absolute Gasteiger partial charge is 0.327 e. The summed E-state index contributed by atoms with van der Waals surface area (Å²) >= 11 is 0. The van der Waals surface area contributed by atoms with E-state index in [4.69, 9.17) is 0 Å². The van der Waals surface area contributed by atoms with Crippen LogP contribution in [0.4, 0.5) is 0 Å². The lowest BCUT2D eigenvalue weighted by Gasteiger charge is -2.29. The van der Waals surface area contributed by atoms with Crippen molar-refractivity contribution in [3.63, 3.8) is 0 Å². The van der Waals surface area contributed by atoms with E-state index in [2.05, 4.69) is 22.2 Å². The van der Waals surface area contributed by atoms with Gasteiger partial charge < -0.3 is 9.13 Å². The highest BCUT2D eigenvalue weighted by molar-refractivity contribution is 6.73. The monoisotopic (exact) mass is 242 g/mol. The fourth-order valence-electron chi connectivity index (χ4n) is 3.16. The van der Waals surface area contributed by atoms with E-state index in [-0.39, 0.29) is 0 Å². The standard InChI is InChI=1S/C11H26N2Si2/c1-14(12-7-3-4-8-12)11-15(2)13-9-5-6-10-13/h14-15H,3-11H2,1-2H3. The second kappa shape index (κ2) is 5.61. The Labute approximate surface area is 98.0 Å². The molecule has 0 bridgehead atoms. The Morgan fingerprint density at radius 2 is 1.07 bits per heavy atom. The Morgan fingerprint density at radius 1 is 0.733 bits per heavy atom. The van der Waals surface area contributed by atoms with Crippen LogP contribution in [0, 0.1) is 0 Å². The summed E-state index contributed by atoms with van der Waals surface area (Å²) in [5.74, 6) is 0. The maximum atomic E-state index is 2.85. The normalized spacial score (nSPS) is 28.4. The van der Waals surface area contributed by atoms with E-state index in [1.165, 1.54) is 51.9 Å². The van der Waals surface area contributed by atoms with E-state index < -0.39 is 17.9 Å². The van der Waals surface area contributed by atoms with Crippen LogP contribution in [0.5, 0.6) is 0 Å². The minimum Gasteiger partial charge on any atom is -0.327 e. The molecule has 2 atom stereocenters. The van der Waals surface area contributed by atoms with Gasteiger partial charge in [0.25, 0.3) is 0 Å². The number of hydrogen-bond donors (Lipinski definition) is 0. The summed E-state index contributed by atoms with van der Waals surface area (Å²) in [4.78, 5) is 0. The third kappa shape index (κ3) is 3.15. The smallest absolute Gasteiger partial charge is 0.107 e. The van der Waals surface area contributed by atoms with Crippen molar-refractivity contribution in [2.75, 3.05) is 26.2 Å². The molecule has 4 heteroatoms. The van der Waals surface area contributed by atoms with Gasteiger partial charge in [0.1, 0.15) is 17.9 Å². The molecule has 0 aromatic heterocycles. The van der Waals surface area contributed by atoms with Gasteiger partial charge in [-0.1, -0.05) is 13.1 Å². The zero-order chi connectivity index (χ0) is 10.7. The van der Waals surface area contributed by atoms with Gasteiger partial charge in [0, 0.05) is 0 Å². The van der Waals surface area contributed by atoms with Crippen molar-refractivity contribution in [3.05, 3.63) is 0 Å². The molecule has 15 heavy (non-hydrogen) atoms. The molecular formula is C11H26N2Si2. The van der Waals surface area contributed by atoms with Gasteiger partial charge in [0.05, 0.1) is 0 Å². The van der Waals surface area contributed by atoms with Crippen LogP contribution in [-0.4, -0.2) is 53.2 Å². The van der Waals surface area contributed by atoms with Crippen LogP contribution < -0.4 is 0 Å². The molecule has 2 heterocycles. The summed E-state index contributed by atoms with van der Waals surface area (Å²) in [6.07, 6.45) is 5.88. The van der Waals surface area contributed by atoms with E-state index >= 15 is 0 Å². The molecule has 0 amide bonds. The fourth-order valence-corrected chi connectivity index (χ4v) is 12.0. The number of nitrogens with zero attached hydrogens (tertiary/aromatic N) is 2. The van der Waals surface area contributed by atoms with Crippen LogP contribution in [0.2, 0.25) is 18.8 Å². The van der Waals surface area contributed by atoms with Gasteiger partial charge in [-0.2, -0.15) is 0 Å². The zero-order valence-corrected chi connectivity index (χ0v) is 12.7. The van der Waals surface area contributed by atoms with Crippen molar-refractivity contribution in [2.45, 2.75) is 44.4 Å². The molecule has 0 aliphatic carbocycles. The molecule has 0 spiro atoms. The number of hydrogen-bond acceptors (Lipinski definition) is 2. The molecule has 0 aromatic rings. The van der Waals surface area contributed by atoms with Crippen molar-refractivity contribution in [1.82, 2.24) is 9.13 Å². The van der Waals surface area contributed by atoms with Gasteiger partial charge in [0.15, 0.2) is 0 Å². The van der Waals surface area contributed by atoms with E-state index in [1.807, 2.05) is 0 Å². The van der Waals surface area contributed by atoms with Gasteiger partial charge in [-0.15, -0.1) is 0 Å². The zero-order valence-electron chi connectivity index (χ0n) is 10.4. The quantitative estimate of drug-likeness (QED) is 0.688. The van der Waals surface area contributed by atoms with Crippen LogP contribution in [0.1, 0.15) is 25.7 Å². The molecule has 2 unspecified atom stereocenters. The van der Waals surface area contributed by atoms with E-state index in [0.717, 1.165) is 0 Å². The Bertz CT molecular complexity index is 169. The summed E-state index contributed by atoms with van der Waals surface area (Å²) < 4.78 is 5.69. The first-order valence-electron chi connectivity index (χ1n) is 6.75. The first-order chi connectivity index (χ1) is 7.27. The van der Waals surface area contributed by atoms with Gasteiger partial charge in [-0.25, -0.2) is 0 Å². The van der Waals surface area contributed by atoms with E-state index in [1.54, 1.807) is 5.67 Å². The minimum atomic E-state index is -0.515. The van der Waals surface area contributed by atoms with Crippen LogP contribution in [0.25, 0.3) is 0 Å². The summed E-state index contributed by atoms with van der Waals surface area (Å²) in [6, 6.07) is 0. The molecule has 2 aliphatic rings. The lowest BCUT2D eigenvalue weighted by Crippen LogP contribution is -2.43. The third-order valence-electron chi connectivity index (χ3n) is 4.21. The summed E-state index contributed by atoms with van der Waals surface area (Å²) in [7, 11) is -1.03. The minimum absolute atomic E-state index is 0.515. The van der Waals surface area contributed by atoms with Crippen LogP contribution >= 0.6 is 0 Å². The van der Waals surface area contributed by atoms with E-state index in [0.29, 0.717) is 0 Å². The van der Waals surface area contributed by atoms with Crippen molar-refractivity contribution in [3.8, 4) is 0 Å². The Hall–Kier alpha value is 0.354. The molecule has 2 saturated heterocycles. The van der Waals surface area contributed by atoms with Gasteiger partial charge in [-0.3, -0.25) is 0 Å². The molecule has 2 nitrogen and oxygen atoms in total. The van der Waals surface area contributed by atoms with Crippen molar-refractivity contribution in [2.24, 2.45) is 0 Å². The summed E-state index contributed by atoms with van der Waals surface area (Å²) in [5, 5.41) is 0. The predicted molar refractivity (Wildman–Crippen MR) is 72.4 cm³/mol. The van der Waals surface area contributed by atoms with E-state index in [9.17, 15) is 0 Å². The van der Waals surface area contributed by atoms with Crippen molar-refractivity contribution in [1.29, 1.82) is 0 Å². The molecule has 2 aliphatic heterocycles. The highest BCUT2D eigenvalue weighted by Crippen LogP contribution is 2.17. The first kappa shape index (κ1) is 11.8. The van der Waals surface area contributed by atoms with Crippen molar-refractivity contribution >= 4 is 17.9 Å². The lowest BCUT2D eigenvalue weighted by molar-refractivity contribution is 0.524. The predicted octanol–water partition coefficient (Wildman–Crippen LogP) is 1.42. The Kier molecular flexibility index (Phi) is 4.43. The highest BCUT2D eigenvalue weighted by atomic mass is 28.3. The molecule has 0 radical (unpaired) electrons. The second-order valence-electron chi connectivity index (χ2n) is 5.42. The molecule has 0 aromatic carbocycles. The molecule has 0 N–H and O–H groups in total. The van der Waals surface area contributed by atoms with Gasteiger partial charge in [-0.05, 0) is 57.5 Å². The lowest BCUT2D eigenvalue weighted by atomic mass is 10.4. The van der Waals surface area contributed by atoms with Crippen LogP contribution in [0.3, 0.4) is 0 Å². The van der Waals surface area contributed by atoms with Gasteiger partial charge in [0.2, 0.25) is 0 Å². The first-order valence-corrected chi connectivity index (χ1v) is 11.7. The topological polar surface area (TPSA) is 6.48 Å². The Balaban J connectivity index is 1.74. The number of rotatable bonds is 4. The molecule has 0 saturated carbocycles. The summed E-state index contributed by atoms with van der Waals surface area (Å²) in [6.45, 7) is 10.9. The average molecular weight is 243 g/mol. The summed E-state index contributed by atoms with van der Waals surface area (Å²) in [5.41, 5.74) is 1.64. The molecule has 88 valence electrons. The highest BCUT2D eigenvalue weighted by Gasteiger charge is 2.25. The maximum absolute atomic E-state index is 2.85. The third-order valence-corrected chi connectivity index (χ3v) is 13.2. The maximum Gasteiger partial charge on any atom is 0.107 e. The van der Waals surface area contributed by atoms with Crippen LogP contribution in [-0.2, 0) is 0 Å². The van der Waals surface area contributed by atoms with Crippen LogP contribution in [0.15, 0.2) is 0 Å². The molecule has 2 rings (SSSR count). The van der Waals surface area contributed by atoms with Gasteiger partial charge >= 0.3 is 0 Å². The van der Waals surface area contributed by atoms with Crippen molar-refractivity contribution < 1.29 is 0 Å². The average Bonchev–Trinajstić information content (AvgIpc) is 2.91. The second-order valence-corrected chi connectivity index (χ2v) is 12.2. The molecular weight excluding hydrogens is 216 g/mol. The molecule has 2 fully saturated rings. The SMILES string of the molecule is C[SiH](C[SiH](C)N1CCCC1)N1CCCC1. The Morgan fingerprint density at radius 3 is 1.40 bits per heavy atom. The fraction of sp³-hybridized carbons (Fsp3) is 1.00.